The Labute approximate surface area is 193 Å². The van der Waals surface area contributed by atoms with E-state index in [0.717, 1.165) is 10.5 Å². The van der Waals surface area contributed by atoms with Crippen LogP contribution in [0.3, 0.4) is 0 Å². The highest BCUT2D eigenvalue weighted by Gasteiger charge is 2.29. The highest BCUT2D eigenvalue weighted by atomic mass is 35.5. The number of amides is 2. The third kappa shape index (κ3) is 7.53. The van der Waals surface area contributed by atoms with Gasteiger partial charge < -0.3 is 10.2 Å². The molecule has 0 heterocycles. The Morgan fingerprint density at radius 2 is 1.73 bits per heavy atom. The van der Waals surface area contributed by atoms with Crippen LogP contribution in [0.2, 0.25) is 10.0 Å². The van der Waals surface area contributed by atoms with E-state index in [-0.39, 0.29) is 24.1 Å². The first kappa shape index (κ1) is 24.6. The van der Waals surface area contributed by atoms with Crippen LogP contribution in [-0.2, 0) is 16.1 Å². The van der Waals surface area contributed by atoms with E-state index in [2.05, 4.69) is 5.32 Å². The van der Waals surface area contributed by atoms with E-state index < -0.39 is 6.04 Å². The summed E-state index contributed by atoms with van der Waals surface area (Å²) in [4.78, 5) is 28.6. The molecule has 0 bridgehead atoms. The summed E-state index contributed by atoms with van der Waals surface area (Å²) >= 11 is 13.7. The average Bonchev–Trinajstić information content (AvgIpc) is 2.72. The number of rotatable bonds is 10. The van der Waals surface area contributed by atoms with Crippen molar-refractivity contribution in [1.29, 1.82) is 0 Å². The van der Waals surface area contributed by atoms with E-state index in [1.54, 1.807) is 23.1 Å². The number of nitrogens with zero attached hydrogens (tertiary/aromatic N) is 1. The van der Waals surface area contributed by atoms with Gasteiger partial charge in [-0.2, -0.15) is 0 Å². The van der Waals surface area contributed by atoms with Gasteiger partial charge in [-0.3, -0.25) is 9.59 Å². The standard InChI is InChI=1S/C23H28Cl2N2O2S/c1-4-21(23(29)26-13-16(2)3)27(14-17-7-5-6-8-20(17)25)22(28)15-30-19-11-9-18(24)10-12-19/h5-12,16,21H,4,13-15H2,1-3H3,(H,26,29). The van der Waals surface area contributed by atoms with Crippen LogP contribution in [0.15, 0.2) is 53.4 Å². The van der Waals surface area contributed by atoms with Gasteiger partial charge in [-0.25, -0.2) is 0 Å². The van der Waals surface area contributed by atoms with E-state index in [1.165, 1.54) is 11.8 Å². The second kappa shape index (κ2) is 12.2. The summed E-state index contributed by atoms with van der Waals surface area (Å²) in [7, 11) is 0. The van der Waals surface area contributed by atoms with Crippen LogP contribution >= 0.6 is 35.0 Å². The molecular formula is C23H28Cl2N2O2S. The molecule has 4 nitrogen and oxygen atoms in total. The van der Waals surface area contributed by atoms with Crippen LogP contribution in [0, 0.1) is 5.92 Å². The zero-order chi connectivity index (χ0) is 22.1. The Hall–Kier alpha value is -1.69. The Morgan fingerprint density at radius 3 is 2.33 bits per heavy atom. The maximum Gasteiger partial charge on any atom is 0.242 e. The molecule has 0 aliphatic carbocycles. The van der Waals surface area contributed by atoms with Crippen molar-refractivity contribution >= 4 is 46.8 Å². The molecule has 0 saturated heterocycles. The van der Waals surface area contributed by atoms with Crippen molar-refractivity contribution in [2.75, 3.05) is 12.3 Å². The normalized spacial score (nSPS) is 11.9. The summed E-state index contributed by atoms with van der Waals surface area (Å²) in [6, 6.07) is 14.2. The molecule has 162 valence electrons. The molecule has 0 aliphatic heterocycles. The van der Waals surface area contributed by atoms with Gasteiger partial charge in [0, 0.05) is 28.0 Å². The predicted octanol–water partition coefficient (Wildman–Crippen LogP) is 5.67. The topological polar surface area (TPSA) is 49.4 Å². The maximum absolute atomic E-state index is 13.2. The first-order valence-corrected chi connectivity index (χ1v) is 11.7. The molecule has 0 spiro atoms. The minimum atomic E-state index is -0.557. The summed E-state index contributed by atoms with van der Waals surface area (Å²) in [5.41, 5.74) is 0.819. The molecule has 1 atom stereocenters. The molecule has 7 heteroatoms. The van der Waals surface area contributed by atoms with E-state index >= 15 is 0 Å². The Bertz CT molecular complexity index is 843. The lowest BCUT2D eigenvalue weighted by Gasteiger charge is -2.31. The summed E-state index contributed by atoms with van der Waals surface area (Å²) < 4.78 is 0. The van der Waals surface area contributed by atoms with Gasteiger partial charge in [0.1, 0.15) is 6.04 Å². The average molecular weight is 467 g/mol. The van der Waals surface area contributed by atoms with Crippen LogP contribution in [0.5, 0.6) is 0 Å². The molecule has 30 heavy (non-hydrogen) atoms. The molecule has 0 aliphatic rings. The molecule has 0 radical (unpaired) electrons. The second-order valence-electron chi connectivity index (χ2n) is 7.42. The van der Waals surface area contributed by atoms with Gasteiger partial charge in [-0.1, -0.05) is 62.2 Å². The smallest absolute Gasteiger partial charge is 0.242 e. The fourth-order valence-corrected chi connectivity index (χ4v) is 4.02. The molecular weight excluding hydrogens is 439 g/mol. The largest absolute Gasteiger partial charge is 0.354 e. The van der Waals surface area contributed by atoms with Crippen LogP contribution < -0.4 is 5.32 Å². The van der Waals surface area contributed by atoms with Gasteiger partial charge in [0.25, 0.3) is 0 Å². The fourth-order valence-electron chi connectivity index (χ4n) is 2.91. The fraction of sp³-hybridized carbons (Fsp3) is 0.391. The number of benzene rings is 2. The van der Waals surface area contributed by atoms with E-state index in [9.17, 15) is 9.59 Å². The third-order valence-corrected chi connectivity index (χ3v) is 6.16. The molecule has 1 unspecified atom stereocenters. The molecule has 2 aromatic rings. The molecule has 0 aromatic heterocycles. The highest BCUT2D eigenvalue weighted by molar-refractivity contribution is 8.00. The highest BCUT2D eigenvalue weighted by Crippen LogP contribution is 2.24. The number of carbonyl (C=O) groups is 2. The number of hydrogen-bond acceptors (Lipinski definition) is 3. The number of thioether (sulfide) groups is 1. The minimum Gasteiger partial charge on any atom is -0.354 e. The molecule has 1 N–H and O–H groups in total. The van der Waals surface area contributed by atoms with Gasteiger partial charge in [0.2, 0.25) is 11.8 Å². The molecule has 2 amide bonds. The predicted molar refractivity (Wildman–Crippen MR) is 126 cm³/mol. The number of hydrogen-bond donors (Lipinski definition) is 1. The quantitative estimate of drug-likeness (QED) is 0.459. The van der Waals surface area contributed by atoms with Gasteiger partial charge >= 0.3 is 0 Å². The Balaban J connectivity index is 2.19. The number of halogens is 2. The first-order valence-electron chi connectivity index (χ1n) is 10.0. The van der Waals surface area contributed by atoms with Crippen LogP contribution in [-0.4, -0.2) is 35.1 Å². The van der Waals surface area contributed by atoms with E-state index in [1.807, 2.05) is 51.1 Å². The van der Waals surface area contributed by atoms with Gasteiger partial charge in [0.15, 0.2) is 0 Å². The Morgan fingerprint density at radius 1 is 1.07 bits per heavy atom. The van der Waals surface area contributed by atoms with Gasteiger partial charge in [-0.05, 0) is 48.2 Å². The molecule has 2 rings (SSSR count). The minimum absolute atomic E-state index is 0.110. The van der Waals surface area contributed by atoms with Crippen molar-refractivity contribution in [3.63, 3.8) is 0 Å². The lowest BCUT2D eigenvalue weighted by Crippen LogP contribution is -2.50. The monoisotopic (exact) mass is 466 g/mol. The van der Waals surface area contributed by atoms with Gasteiger partial charge in [0.05, 0.1) is 5.75 Å². The van der Waals surface area contributed by atoms with Crippen LogP contribution in [0.4, 0.5) is 0 Å². The molecule has 2 aromatic carbocycles. The summed E-state index contributed by atoms with van der Waals surface area (Å²) in [5, 5.41) is 4.19. The van der Waals surface area contributed by atoms with Crippen LogP contribution in [0.1, 0.15) is 32.8 Å². The third-order valence-electron chi connectivity index (χ3n) is 4.54. The summed E-state index contributed by atoms with van der Waals surface area (Å²) in [5.74, 6) is 0.309. The van der Waals surface area contributed by atoms with Crippen molar-refractivity contribution in [2.45, 2.75) is 44.7 Å². The Kier molecular flexibility index (Phi) is 10.0. The van der Waals surface area contributed by atoms with Crippen molar-refractivity contribution < 1.29 is 9.59 Å². The van der Waals surface area contributed by atoms with Crippen LogP contribution in [0.25, 0.3) is 0 Å². The van der Waals surface area contributed by atoms with Crippen molar-refractivity contribution in [3.05, 3.63) is 64.1 Å². The lowest BCUT2D eigenvalue weighted by molar-refractivity contribution is -0.139. The first-order chi connectivity index (χ1) is 14.3. The SMILES string of the molecule is CCC(C(=O)NCC(C)C)N(Cc1ccccc1Cl)C(=O)CSc1ccc(Cl)cc1. The van der Waals surface area contributed by atoms with E-state index in [4.69, 9.17) is 23.2 Å². The number of carbonyl (C=O) groups excluding carboxylic acids is 2. The zero-order valence-corrected chi connectivity index (χ0v) is 19.9. The zero-order valence-electron chi connectivity index (χ0n) is 17.5. The van der Waals surface area contributed by atoms with Crippen molar-refractivity contribution in [3.8, 4) is 0 Å². The summed E-state index contributed by atoms with van der Waals surface area (Å²) in [6.45, 7) is 6.85. The van der Waals surface area contributed by atoms with Crippen molar-refractivity contribution in [1.82, 2.24) is 10.2 Å². The maximum atomic E-state index is 13.2. The number of nitrogens with one attached hydrogen (secondary N) is 1. The second-order valence-corrected chi connectivity index (χ2v) is 9.31. The summed E-state index contributed by atoms with van der Waals surface area (Å²) in [6.07, 6.45) is 0.520. The lowest BCUT2D eigenvalue weighted by atomic mass is 10.1. The van der Waals surface area contributed by atoms with Crippen molar-refractivity contribution in [2.24, 2.45) is 5.92 Å². The molecule has 0 saturated carbocycles. The van der Waals surface area contributed by atoms with E-state index in [0.29, 0.717) is 28.9 Å². The van der Waals surface area contributed by atoms with Gasteiger partial charge in [-0.15, -0.1) is 11.8 Å². The molecule has 0 fully saturated rings.